The number of hydrogen-bond donors (Lipinski definition) is 1. The third kappa shape index (κ3) is 2.69. The summed E-state index contributed by atoms with van der Waals surface area (Å²) in [4.78, 5) is 27.4. The van der Waals surface area contributed by atoms with Crippen LogP contribution in [0.1, 0.15) is 30.1 Å². The van der Waals surface area contributed by atoms with E-state index < -0.39 is 0 Å². The van der Waals surface area contributed by atoms with Crippen LogP contribution in [0.15, 0.2) is 12.4 Å². The lowest BCUT2D eigenvalue weighted by Gasteiger charge is -2.21. The van der Waals surface area contributed by atoms with Gasteiger partial charge in [0, 0.05) is 38.8 Å². The maximum atomic E-state index is 12.1. The molecule has 2 amide bonds. The molecule has 2 heterocycles. The smallest absolute Gasteiger partial charge is 0.257 e. The zero-order valence-electron chi connectivity index (χ0n) is 10.6. The number of H-pyrrole nitrogens is 1. The van der Waals surface area contributed by atoms with Gasteiger partial charge in [0.1, 0.15) is 0 Å². The molecule has 0 aromatic carbocycles. The van der Waals surface area contributed by atoms with Crippen molar-refractivity contribution in [1.82, 2.24) is 20.0 Å². The van der Waals surface area contributed by atoms with Crippen molar-refractivity contribution in [3.05, 3.63) is 18.0 Å². The van der Waals surface area contributed by atoms with E-state index in [2.05, 4.69) is 10.2 Å². The van der Waals surface area contributed by atoms with E-state index in [-0.39, 0.29) is 11.8 Å². The van der Waals surface area contributed by atoms with Gasteiger partial charge in [0.2, 0.25) is 5.91 Å². The van der Waals surface area contributed by atoms with Crippen molar-refractivity contribution in [3.8, 4) is 0 Å². The van der Waals surface area contributed by atoms with Gasteiger partial charge in [-0.3, -0.25) is 14.7 Å². The minimum absolute atomic E-state index is 0.0189. The van der Waals surface area contributed by atoms with E-state index in [1.807, 2.05) is 11.8 Å². The molecule has 0 bridgehead atoms. The van der Waals surface area contributed by atoms with Crippen molar-refractivity contribution < 1.29 is 9.59 Å². The average molecular weight is 250 g/mol. The molecule has 1 fully saturated rings. The molecule has 0 aliphatic carbocycles. The van der Waals surface area contributed by atoms with Gasteiger partial charge in [-0.25, -0.2) is 0 Å². The first-order chi connectivity index (χ1) is 8.72. The minimum atomic E-state index is -0.0189. The van der Waals surface area contributed by atoms with E-state index in [0.717, 1.165) is 13.0 Å². The van der Waals surface area contributed by atoms with Gasteiger partial charge in [0.25, 0.3) is 5.91 Å². The van der Waals surface area contributed by atoms with Crippen molar-refractivity contribution in [3.63, 3.8) is 0 Å². The summed E-state index contributed by atoms with van der Waals surface area (Å²) in [6, 6.07) is 0. The monoisotopic (exact) mass is 250 g/mol. The summed E-state index contributed by atoms with van der Waals surface area (Å²) in [6.07, 6.45) is 4.48. The number of aromatic nitrogens is 2. The van der Waals surface area contributed by atoms with Crippen molar-refractivity contribution in [2.45, 2.75) is 19.8 Å². The highest BCUT2D eigenvalue weighted by Gasteiger charge is 2.22. The fourth-order valence-corrected chi connectivity index (χ4v) is 2.14. The Kier molecular flexibility index (Phi) is 3.96. The first kappa shape index (κ1) is 12.6. The molecule has 1 aromatic rings. The quantitative estimate of drug-likeness (QED) is 0.830. The number of carbonyl (C=O) groups is 2. The van der Waals surface area contributed by atoms with Crippen LogP contribution in [0.5, 0.6) is 0 Å². The Labute approximate surface area is 106 Å². The summed E-state index contributed by atoms with van der Waals surface area (Å²) in [7, 11) is 0. The lowest BCUT2D eigenvalue weighted by Crippen LogP contribution is -2.37. The van der Waals surface area contributed by atoms with Crippen LogP contribution in [0, 0.1) is 0 Å². The summed E-state index contributed by atoms with van der Waals surface area (Å²) in [5.74, 6) is 0.141. The fourth-order valence-electron chi connectivity index (χ4n) is 2.14. The van der Waals surface area contributed by atoms with E-state index in [1.165, 1.54) is 6.20 Å². The summed E-state index contributed by atoms with van der Waals surface area (Å²) < 4.78 is 0. The molecule has 6 nitrogen and oxygen atoms in total. The zero-order valence-corrected chi connectivity index (χ0v) is 10.6. The zero-order chi connectivity index (χ0) is 13.0. The Morgan fingerprint density at radius 3 is 2.67 bits per heavy atom. The van der Waals surface area contributed by atoms with Gasteiger partial charge in [-0.15, -0.1) is 0 Å². The largest absolute Gasteiger partial charge is 0.341 e. The molecule has 0 atom stereocenters. The Bertz CT molecular complexity index is 416. The molecular formula is C12H18N4O2. The molecule has 0 saturated carbocycles. The number of hydrogen-bond acceptors (Lipinski definition) is 3. The maximum Gasteiger partial charge on any atom is 0.257 e. The molecule has 0 unspecified atom stereocenters. The van der Waals surface area contributed by atoms with Gasteiger partial charge in [-0.1, -0.05) is 6.92 Å². The van der Waals surface area contributed by atoms with E-state index >= 15 is 0 Å². The highest BCUT2D eigenvalue weighted by molar-refractivity contribution is 5.93. The summed E-state index contributed by atoms with van der Waals surface area (Å²) >= 11 is 0. The van der Waals surface area contributed by atoms with Gasteiger partial charge in [0.15, 0.2) is 0 Å². The molecule has 1 saturated heterocycles. The topological polar surface area (TPSA) is 69.3 Å². The Balaban J connectivity index is 1.97. The predicted octanol–water partition coefficient (Wildman–Crippen LogP) is 0.494. The lowest BCUT2D eigenvalue weighted by molar-refractivity contribution is -0.130. The fraction of sp³-hybridized carbons (Fsp3) is 0.583. The molecule has 0 spiro atoms. The highest BCUT2D eigenvalue weighted by atomic mass is 16.2. The number of amides is 2. The maximum absolute atomic E-state index is 12.1. The number of rotatable bonds is 2. The number of carbonyl (C=O) groups excluding carboxylic acids is 2. The summed E-state index contributed by atoms with van der Waals surface area (Å²) in [6.45, 7) is 4.51. The normalized spacial score (nSPS) is 16.5. The van der Waals surface area contributed by atoms with E-state index in [4.69, 9.17) is 0 Å². The standard InChI is InChI=1S/C12H18N4O2/c1-2-11(17)15-4-3-5-16(7-6-15)12(18)10-8-13-14-9-10/h8-9H,2-7H2,1H3,(H,13,14). The average Bonchev–Trinajstić information content (AvgIpc) is 2.81. The highest BCUT2D eigenvalue weighted by Crippen LogP contribution is 2.08. The van der Waals surface area contributed by atoms with Crippen molar-refractivity contribution >= 4 is 11.8 Å². The molecule has 1 aliphatic rings. The molecule has 1 aromatic heterocycles. The van der Waals surface area contributed by atoms with Crippen LogP contribution < -0.4 is 0 Å². The summed E-state index contributed by atoms with van der Waals surface area (Å²) in [5.41, 5.74) is 0.574. The van der Waals surface area contributed by atoms with Crippen LogP contribution in [0.4, 0.5) is 0 Å². The Morgan fingerprint density at radius 2 is 2.00 bits per heavy atom. The predicted molar refractivity (Wildman–Crippen MR) is 66.0 cm³/mol. The van der Waals surface area contributed by atoms with Crippen molar-refractivity contribution in [2.75, 3.05) is 26.2 Å². The van der Waals surface area contributed by atoms with Gasteiger partial charge < -0.3 is 9.80 Å². The van der Waals surface area contributed by atoms with E-state index in [9.17, 15) is 9.59 Å². The SMILES string of the molecule is CCC(=O)N1CCCN(C(=O)c2cn[nH]c2)CC1. The molecule has 18 heavy (non-hydrogen) atoms. The first-order valence-electron chi connectivity index (χ1n) is 6.28. The van der Waals surface area contributed by atoms with Crippen LogP contribution in [-0.2, 0) is 4.79 Å². The number of nitrogens with one attached hydrogen (secondary N) is 1. The van der Waals surface area contributed by atoms with Gasteiger partial charge in [-0.05, 0) is 6.42 Å². The van der Waals surface area contributed by atoms with E-state index in [1.54, 1.807) is 11.1 Å². The Morgan fingerprint density at radius 1 is 1.28 bits per heavy atom. The second-order valence-corrected chi connectivity index (χ2v) is 4.37. The summed E-state index contributed by atoms with van der Waals surface area (Å²) in [5, 5.41) is 6.42. The van der Waals surface area contributed by atoms with Crippen LogP contribution in [-0.4, -0.2) is 58.0 Å². The van der Waals surface area contributed by atoms with Crippen molar-refractivity contribution in [2.24, 2.45) is 0 Å². The third-order valence-electron chi connectivity index (χ3n) is 3.18. The molecule has 1 aliphatic heterocycles. The van der Waals surface area contributed by atoms with Gasteiger partial charge in [-0.2, -0.15) is 5.10 Å². The molecule has 6 heteroatoms. The second-order valence-electron chi connectivity index (χ2n) is 4.37. The van der Waals surface area contributed by atoms with Crippen LogP contribution in [0.3, 0.4) is 0 Å². The number of aromatic amines is 1. The molecule has 1 N–H and O–H groups in total. The second kappa shape index (κ2) is 5.66. The lowest BCUT2D eigenvalue weighted by atomic mass is 10.3. The van der Waals surface area contributed by atoms with Gasteiger partial charge >= 0.3 is 0 Å². The number of nitrogens with zero attached hydrogens (tertiary/aromatic N) is 3. The molecular weight excluding hydrogens is 232 g/mol. The minimum Gasteiger partial charge on any atom is -0.341 e. The van der Waals surface area contributed by atoms with Crippen LogP contribution in [0.25, 0.3) is 0 Å². The van der Waals surface area contributed by atoms with Crippen LogP contribution >= 0.6 is 0 Å². The van der Waals surface area contributed by atoms with Crippen molar-refractivity contribution in [1.29, 1.82) is 0 Å². The van der Waals surface area contributed by atoms with Crippen LogP contribution in [0.2, 0.25) is 0 Å². The Hall–Kier alpha value is -1.85. The molecule has 0 radical (unpaired) electrons. The molecule has 98 valence electrons. The van der Waals surface area contributed by atoms with Gasteiger partial charge in [0.05, 0.1) is 11.8 Å². The first-order valence-corrected chi connectivity index (χ1v) is 6.28. The van der Waals surface area contributed by atoms with E-state index in [0.29, 0.717) is 31.6 Å². The molecule has 2 rings (SSSR count). The third-order valence-corrected chi connectivity index (χ3v) is 3.18.